The highest BCUT2D eigenvalue weighted by molar-refractivity contribution is 5.44. The molecule has 3 aromatic carbocycles. The molecule has 1 heteroatoms. The highest BCUT2D eigenvalue weighted by atomic mass is 16.3. The quantitative estimate of drug-likeness (QED) is 0.726. The molecule has 0 fully saturated rings. The Morgan fingerprint density at radius 3 is 1.17 bits per heavy atom. The molecule has 0 aromatic heterocycles. The molecule has 0 aliphatic carbocycles. The molecule has 0 amide bonds. The van der Waals surface area contributed by atoms with Crippen molar-refractivity contribution in [3.05, 3.63) is 108 Å². The number of hydrogen-bond donors (Lipinski definition) is 1. The number of benzene rings is 3. The second kappa shape index (κ2) is 6.02. The Bertz CT molecular complexity index is 706. The van der Waals surface area contributed by atoms with Crippen molar-refractivity contribution in [2.45, 2.75) is 24.9 Å². The zero-order chi connectivity index (χ0) is 16.3. The molecule has 1 N–H and O–H groups in total. The molecule has 1 nitrogen and oxygen atoms in total. The first-order valence-corrected chi connectivity index (χ1v) is 7.96. The highest BCUT2D eigenvalue weighted by Crippen LogP contribution is 2.46. The molecule has 0 heterocycles. The topological polar surface area (TPSA) is 20.2 Å². The van der Waals surface area contributed by atoms with Gasteiger partial charge in [0.15, 0.2) is 0 Å². The van der Waals surface area contributed by atoms with Gasteiger partial charge in [-0.25, -0.2) is 0 Å². The maximum Gasteiger partial charge on any atom is 0.124 e. The highest BCUT2D eigenvalue weighted by Gasteiger charge is 2.47. The number of hydrogen-bond acceptors (Lipinski definition) is 1. The molecule has 116 valence electrons. The van der Waals surface area contributed by atoms with Crippen LogP contribution in [0.5, 0.6) is 0 Å². The summed E-state index contributed by atoms with van der Waals surface area (Å²) in [5.41, 5.74) is 1.31. The van der Waals surface area contributed by atoms with E-state index in [0.717, 1.165) is 16.7 Å². The minimum atomic E-state index is -1.11. The predicted octanol–water partition coefficient (Wildman–Crippen LogP) is 4.90. The van der Waals surface area contributed by atoms with E-state index in [1.165, 1.54) is 0 Å². The van der Waals surface area contributed by atoms with Gasteiger partial charge in [0.2, 0.25) is 0 Å². The van der Waals surface area contributed by atoms with E-state index in [1.54, 1.807) is 0 Å². The van der Waals surface area contributed by atoms with Crippen LogP contribution in [-0.2, 0) is 11.0 Å². The van der Waals surface area contributed by atoms with Crippen LogP contribution in [0, 0.1) is 0 Å². The smallest absolute Gasteiger partial charge is 0.124 e. The van der Waals surface area contributed by atoms with Crippen LogP contribution in [-0.4, -0.2) is 5.11 Å². The van der Waals surface area contributed by atoms with Gasteiger partial charge in [-0.15, -0.1) is 0 Å². The van der Waals surface area contributed by atoms with E-state index in [4.69, 9.17) is 0 Å². The van der Waals surface area contributed by atoms with Crippen LogP contribution in [0.1, 0.15) is 30.5 Å². The first kappa shape index (κ1) is 15.5. The molecule has 23 heavy (non-hydrogen) atoms. The van der Waals surface area contributed by atoms with Gasteiger partial charge < -0.3 is 5.11 Å². The SMILES string of the molecule is CC(C)(c1ccccc1)C(O)(c1ccccc1)c1ccccc1. The Balaban J connectivity index is 2.25. The van der Waals surface area contributed by atoms with Gasteiger partial charge in [-0.05, 0) is 16.7 Å². The van der Waals surface area contributed by atoms with Crippen LogP contribution < -0.4 is 0 Å². The van der Waals surface area contributed by atoms with E-state index in [9.17, 15) is 5.11 Å². The fraction of sp³-hybridized carbons (Fsp3) is 0.182. The standard InChI is InChI=1S/C22H22O/c1-21(2,18-12-6-3-7-13-18)22(23,19-14-8-4-9-15-19)20-16-10-5-11-17-20/h3-17,23H,1-2H3. The van der Waals surface area contributed by atoms with Gasteiger partial charge in [-0.2, -0.15) is 0 Å². The van der Waals surface area contributed by atoms with Gasteiger partial charge in [-0.3, -0.25) is 0 Å². The third-order valence-electron chi connectivity index (χ3n) is 4.78. The van der Waals surface area contributed by atoms with Crippen molar-refractivity contribution in [2.24, 2.45) is 0 Å². The van der Waals surface area contributed by atoms with Crippen LogP contribution in [0.25, 0.3) is 0 Å². The molecule has 0 radical (unpaired) electrons. The van der Waals surface area contributed by atoms with Crippen molar-refractivity contribution < 1.29 is 5.11 Å². The minimum Gasteiger partial charge on any atom is -0.379 e. The van der Waals surface area contributed by atoms with E-state index in [1.807, 2.05) is 78.9 Å². The monoisotopic (exact) mass is 302 g/mol. The average Bonchev–Trinajstić information content (AvgIpc) is 2.63. The minimum absolute atomic E-state index is 0.489. The molecule has 0 aliphatic rings. The number of aliphatic hydroxyl groups is 1. The van der Waals surface area contributed by atoms with Crippen molar-refractivity contribution >= 4 is 0 Å². The summed E-state index contributed by atoms with van der Waals surface area (Å²) in [7, 11) is 0. The Morgan fingerprint density at radius 2 is 0.826 bits per heavy atom. The van der Waals surface area contributed by atoms with Crippen molar-refractivity contribution in [1.29, 1.82) is 0 Å². The zero-order valence-corrected chi connectivity index (χ0v) is 13.6. The summed E-state index contributed by atoms with van der Waals surface area (Å²) < 4.78 is 0. The molecule has 0 saturated heterocycles. The van der Waals surface area contributed by atoms with Gasteiger partial charge in [-0.1, -0.05) is 105 Å². The fourth-order valence-corrected chi connectivity index (χ4v) is 3.31. The summed E-state index contributed by atoms with van der Waals surface area (Å²) in [5.74, 6) is 0. The van der Waals surface area contributed by atoms with Crippen LogP contribution in [0.15, 0.2) is 91.0 Å². The van der Waals surface area contributed by atoms with Crippen LogP contribution in [0.4, 0.5) is 0 Å². The van der Waals surface area contributed by atoms with E-state index >= 15 is 0 Å². The third-order valence-corrected chi connectivity index (χ3v) is 4.78. The molecule has 0 atom stereocenters. The molecule has 3 aromatic rings. The first-order valence-electron chi connectivity index (χ1n) is 7.96. The Kier molecular flexibility index (Phi) is 4.06. The third kappa shape index (κ3) is 2.58. The van der Waals surface area contributed by atoms with Crippen molar-refractivity contribution in [2.75, 3.05) is 0 Å². The Morgan fingerprint density at radius 1 is 0.522 bits per heavy atom. The summed E-state index contributed by atoms with van der Waals surface area (Å²) in [6.45, 7) is 4.20. The summed E-state index contributed by atoms with van der Waals surface area (Å²) >= 11 is 0. The van der Waals surface area contributed by atoms with Crippen molar-refractivity contribution in [3.8, 4) is 0 Å². The molecular weight excluding hydrogens is 280 g/mol. The molecule has 0 unspecified atom stereocenters. The summed E-state index contributed by atoms with van der Waals surface area (Å²) in [4.78, 5) is 0. The normalized spacial score (nSPS) is 12.1. The predicted molar refractivity (Wildman–Crippen MR) is 95.4 cm³/mol. The van der Waals surface area contributed by atoms with Gasteiger partial charge in [0.05, 0.1) is 0 Å². The zero-order valence-electron chi connectivity index (χ0n) is 13.6. The Labute approximate surface area is 138 Å². The summed E-state index contributed by atoms with van der Waals surface area (Å²) in [6, 6.07) is 30.1. The lowest BCUT2D eigenvalue weighted by Crippen LogP contribution is -2.46. The van der Waals surface area contributed by atoms with Gasteiger partial charge in [0, 0.05) is 5.41 Å². The maximum absolute atomic E-state index is 11.9. The van der Waals surface area contributed by atoms with Crippen LogP contribution >= 0.6 is 0 Å². The molecule has 0 aliphatic heterocycles. The lowest BCUT2D eigenvalue weighted by molar-refractivity contribution is 0.00825. The first-order chi connectivity index (χ1) is 11.1. The molecule has 0 spiro atoms. The van der Waals surface area contributed by atoms with Crippen LogP contribution in [0.3, 0.4) is 0 Å². The fourth-order valence-electron chi connectivity index (χ4n) is 3.31. The van der Waals surface area contributed by atoms with Gasteiger partial charge in [0.1, 0.15) is 5.60 Å². The molecule has 0 saturated carbocycles. The second-order valence-corrected chi connectivity index (χ2v) is 6.43. The number of rotatable bonds is 4. The van der Waals surface area contributed by atoms with E-state index in [2.05, 4.69) is 26.0 Å². The molecular formula is C22H22O. The Hall–Kier alpha value is -2.38. The van der Waals surface area contributed by atoms with E-state index < -0.39 is 11.0 Å². The summed E-state index contributed by atoms with van der Waals surface area (Å²) in [6.07, 6.45) is 0. The van der Waals surface area contributed by atoms with Crippen LogP contribution in [0.2, 0.25) is 0 Å². The van der Waals surface area contributed by atoms with Crippen molar-refractivity contribution in [3.63, 3.8) is 0 Å². The summed E-state index contributed by atoms with van der Waals surface area (Å²) in [5, 5.41) is 11.9. The lowest BCUT2D eigenvalue weighted by Gasteiger charge is -2.44. The average molecular weight is 302 g/mol. The molecule has 0 bridgehead atoms. The van der Waals surface area contributed by atoms with Crippen molar-refractivity contribution in [1.82, 2.24) is 0 Å². The second-order valence-electron chi connectivity index (χ2n) is 6.43. The van der Waals surface area contributed by atoms with E-state index in [0.29, 0.717) is 0 Å². The van der Waals surface area contributed by atoms with Gasteiger partial charge in [0.25, 0.3) is 0 Å². The molecule has 3 rings (SSSR count). The maximum atomic E-state index is 11.9. The van der Waals surface area contributed by atoms with Gasteiger partial charge >= 0.3 is 0 Å². The van der Waals surface area contributed by atoms with E-state index in [-0.39, 0.29) is 0 Å². The largest absolute Gasteiger partial charge is 0.379 e. The lowest BCUT2D eigenvalue weighted by atomic mass is 9.64.